The normalized spacial score (nSPS) is 11.1. The van der Waals surface area contributed by atoms with Gasteiger partial charge in [-0.05, 0) is 50.2 Å². The molecule has 0 atom stereocenters. The molecule has 0 aliphatic carbocycles. The van der Waals surface area contributed by atoms with Crippen molar-refractivity contribution in [2.45, 2.75) is 24.8 Å². The molecule has 0 saturated carbocycles. The summed E-state index contributed by atoms with van der Waals surface area (Å²) in [6, 6.07) is 7.83. The van der Waals surface area contributed by atoms with E-state index in [1.807, 2.05) is 0 Å². The molecule has 2 aromatic carbocycles. The summed E-state index contributed by atoms with van der Waals surface area (Å²) in [6.07, 6.45) is 0. The third-order valence-electron chi connectivity index (χ3n) is 3.77. The van der Waals surface area contributed by atoms with Crippen molar-refractivity contribution < 1.29 is 27.5 Å². The first-order valence-electron chi connectivity index (χ1n) is 8.48. The maximum atomic E-state index is 12.8. The summed E-state index contributed by atoms with van der Waals surface area (Å²) in [6.45, 7) is 3.57. The molecule has 0 aliphatic heterocycles. The second-order valence-corrected chi connectivity index (χ2v) is 8.37. The molecule has 0 unspecified atom stereocenters. The van der Waals surface area contributed by atoms with Gasteiger partial charge in [0.25, 0.3) is 15.9 Å². The molecule has 156 valence electrons. The van der Waals surface area contributed by atoms with Gasteiger partial charge in [-0.15, -0.1) is 0 Å². The molecule has 0 bridgehead atoms. The summed E-state index contributed by atoms with van der Waals surface area (Å²) in [5, 5.41) is 2.82. The van der Waals surface area contributed by atoms with Crippen molar-refractivity contribution in [2.75, 3.05) is 18.9 Å². The van der Waals surface area contributed by atoms with Gasteiger partial charge >= 0.3 is 5.97 Å². The Labute approximate surface area is 174 Å². The molecule has 0 spiro atoms. The maximum Gasteiger partial charge on any atom is 0.339 e. The predicted molar refractivity (Wildman–Crippen MR) is 109 cm³/mol. The molecule has 0 aromatic heterocycles. The van der Waals surface area contributed by atoms with E-state index in [0.29, 0.717) is 0 Å². The predicted octanol–water partition coefficient (Wildman–Crippen LogP) is 3.07. The first kappa shape index (κ1) is 22.5. The highest BCUT2D eigenvalue weighted by Crippen LogP contribution is 2.26. The van der Waals surface area contributed by atoms with Gasteiger partial charge < -0.3 is 14.8 Å². The number of rotatable bonds is 7. The van der Waals surface area contributed by atoms with Crippen molar-refractivity contribution in [1.82, 2.24) is 5.32 Å². The number of esters is 1. The summed E-state index contributed by atoms with van der Waals surface area (Å²) < 4.78 is 37.7. The number of benzene rings is 2. The number of carbonyl (C=O) groups is 2. The lowest BCUT2D eigenvalue weighted by atomic mass is 10.2. The van der Waals surface area contributed by atoms with Crippen molar-refractivity contribution in [3.8, 4) is 5.75 Å². The van der Waals surface area contributed by atoms with Crippen LogP contribution in [0.5, 0.6) is 5.75 Å². The maximum absolute atomic E-state index is 12.8. The van der Waals surface area contributed by atoms with Crippen LogP contribution in [0.25, 0.3) is 0 Å². The molecule has 8 nitrogen and oxygen atoms in total. The largest absolute Gasteiger partial charge is 0.496 e. The van der Waals surface area contributed by atoms with Crippen molar-refractivity contribution >= 4 is 39.2 Å². The van der Waals surface area contributed by atoms with Crippen molar-refractivity contribution in [2.24, 2.45) is 0 Å². The molecule has 29 heavy (non-hydrogen) atoms. The van der Waals surface area contributed by atoms with Gasteiger partial charge in [0.2, 0.25) is 0 Å². The van der Waals surface area contributed by atoms with Crippen LogP contribution in [0.1, 0.15) is 34.6 Å². The van der Waals surface area contributed by atoms with E-state index in [-0.39, 0.29) is 38.5 Å². The Morgan fingerprint density at radius 2 is 1.72 bits per heavy atom. The zero-order valence-corrected chi connectivity index (χ0v) is 17.8. The van der Waals surface area contributed by atoms with Crippen molar-refractivity contribution in [1.29, 1.82) is 0 Å². The van der Waals surface area contributed by atoms with Crippen LogP contribution in [0.4, 0.5) is 5.69 Å². The molecular weight excluding hydrogens is 420 g/mol. The molecule has 2 N–H and O–H groups in total. The second kappa shape index (κ2) is 9.15. The smallest absolute Gasteiger partial charge is 0.339 e. The summed E-state index contributed by atoms with van der Waals surface area (Å²) in [4.78, 5) is 24.0. The van der Waals surface area contributed by atoms with Gasteiger partial charge in [0.15, 0.2) is 0 Å². The van der Waals surface area contributed by atoms with E-state index in [2.05, 4.69) is 14.8 Å². The summed E-state index contributed by atoms with van der Waals surface area (Å²) >= 11 is 5.95. The zero-order valence-electron chi connectivity index (χ0n) is 16.3. The van der Waals surface area contributed by atoms with Crippen LogP contribution >= 0.6 is 11.6 Å². The van der Waals surface area contributed by atoms with Gasteiger partial charge in [0, 0.05) is 11.7 Å². The van der Waals surface area contributed by atoms with E-state index >= 15 is 0 Å². The van der Waals surface area contributed by atoms with Crippen LogP contribution in [-0.4, -0.2) is 40.6 Å². The van der Waals surface area contributed by atoms with Crippen LogP contribution < -0.4 is 14.8 Å². The molecule has 0 radical (unpaired) electrons. The summed E-state index contributed by atoms with van der Waals surface area (Å²) in [5.74, 6) is -0.928. The third kappa shape index (κ3) is 5.39. The number of sulfonamides is 1. The summed E-state index contributed by atoms with van der Waals surface area (Å²) in [7, 11) is -1.49. The first-order valence-corrected chi connectivity index (χ1v) is 10.3. The Bertz CT molecular complexity index is 1040. The van der Waals surface area contributed by atoms with Gasteiger partial charge in [-0.25, -0.2) is 13.2 Å². The Hall–Kier alpha value is -2.78. The molecular formula is C19H21ClN2O6S. The lowest BCUT2D eigenvalue weighted by molar-refractivity contribution is 0.0600. The monoisotopic (exact) mass is 440 g/mol. The molecule has 2 aromatic rings. The number of halogens is 1. The number of methoxy groups -OCH3 is 2. The third-order valence-corrected chi connectivity index (χ3v) is 5.48. The minimum absolute atomic E-state index is 0.0149. The van der Waals surface area contributed by atoms with Crippen LogP contribution in [-0.2, 0) is 14.8 Å². The lowest BCUT2D eigenvalue weighted by Crippen LogP contribution is -2.30. The zero-order chi connectivity index (χ0) is 21.8. The first-order chi connectivity index (χ1) is 13.6. The number of hydrogen-bond donors (Lipinski definition) is 2. The number of carbonyl (C=O) groups excluding carboxylic acids is 2. The summed E-state index contributed by atoms with van der Waals surface area (Å²) in [5.41, 5.74) is 0.204. The molecule has 10 heteroatoms. The number of anilines is 1. The van der Waals surface area contributed by atoms with E-state index in [4.69, 9.17) is 16.3 Å². The van der Waals surface area contributed by atoms with Gasteiger partial charge in [-0.3, -0.25) is 9.52 Å². The van der Waals surface area contributed by atoms with E-state index in [9.17, 15) is 18.0 Å². The fourth-order valence-electron chi connectivity index (χ4n) is 2.44. The second-order valence-electron chi connectivity index (χ2n) is 6.28. The van der Waals surface area contributed by atoms with Gasteiger partial charge in [-0.2, -0.15) is 0 Å². The van der Waals surface area contributed by atoms with Crippen LogP contribution in [0, 0.1) is 0 Å². The minimum Gasteiger partial charge on any atom is -0.496 e. The van der Waals surface area contributed by atoms with E-state index in [1.165, 1.54) is 50.6 Å². The standard InChI is InChI=1S/C19H21ClN2O6S/c1-11(2)21-18(23)15-10-13(6-8-17(15)27-3)29(25,26)22-12-5-7-16(20)14(9-12)19(24)28-4/h5-11,22H,1-4H3,(H,21,23). The topological polar surface area (TPSA) is 111 Å². The molecule has 0 aliphatic rings. The van der Waals surface area contributed by atoms with Gasteiger partial charge in [-0.1, -0.05) is 11.6 Å². The van der Waals surface area contributed by atoms with Crippen LogP contribution in [0.3, 0.4) is 0 Å². The van der Waals surface area contributed by atoms with Gasteiger partial charge in [0.05, 0.1) is 35.3 Å². The average molecular weight is 441 g/mol. The average Bonchev–Trinajstić information content (AvgIpc) is 2.67. The molecule has 2 rings (SSSR count). The Balaban J connectivity index is 2.41. The fraction of sp³-hybridized carbons (Fsp3) is 0.263. The van der Waals surface area contributed by atoms with Crippen molar-refractivity contribution in [3.63, 3.8) is 0 Å². The quantitative estimate of drug-likeness (QED) is 0.640. The SMILES string of the molecule is COC(=O)c1cc(NS(=O)(=O)c2ccc(OC)c(C(=O)NC(C)C)c2)ccc1Cl. The highest BCUT2D eigenvalue weighted by Gasteiger charge is 2.21. The van der Waals surface area contributed by atoms with Crippen molar-refractivity contribution in [3.05, 3.63) is 52.5 Å². The lowest BCUT2D eigenvalue weighted by Gasteiger charge is -2.14. The minimum atomic E-state index is -4.07. The number of ether oxygens (including phenoxy) is 2. The Morgan fingerprint density at radius 3 is 2.31 bits per heavy atom. The van der Waals surface area contributed by atoms with E-state index < -0.39 is 21.9 Å². The van der Waals surface area contributed by atoms with E-state index in [1.54, 1.807) is 13.8 Å². The van der Waals surface area contributed by atoms with Crippen LogP contribution in [0.2, 0.25) is 5.02 Å². The Kier molecular flexibility index (Phi) is 7.10. The van der Waals surface area contributed by atoms with E-state index in [0.717, 1.165) is 0 Å². The molecule has 1 amide bonds. The highest BCUT2D eigenvalue weighted by molar-refractivity contribution is 7.92. The number of nitrogens with one attached hydrogen (secondary N) is 2. The molecule has 0 heterocycles. The molecule has 0 fully saturated rings. The van der Waals surface area contributed by atoms with Gasteiger partial charge in [0.1, 0.15) is 5.75 Å². The number of hydrogen-bond acceptors (Lipinski definition) is 6. The highest BCUT2D eigenvalue weighted by atomic mass is 35.5. The van der Waals surface area contributed by atoms with Crippen LogP contribution in [0.15, 0.2) is 41.3 Å². The number of amides is 1. The molecule has 0 saturated heterocycles. The fourth-order valence-corrected chi connectivity index (χ4v) is 3.71. The Morgan fingerprint density at radius 1 is 1.03 bits per heavy atom.